The largest absolute Gasteiger partial charge is 0.322 e. The van der Waals surface area contributed by atoms with Crippen LogP contribution < -0.4 is 5.73 Å². The van der Waals surface area contributed by atoms with Gasteiger partial charge in [0.25, 0.3) is 0 Å². The van der Waals surface area contributed by atoms with Crippen LogP contribution in [0.5, 0.6) is 0 Å². The average molecular weight is 260 g/mol. The van der Waals surface area contributed by atoms with Gasteiger partial charge < -0.3 is 5.73 Å². The zero-order valence-corrected chi connectivity index (χ0v) is 10.8. The van der Waals surface area contributed by atoms with Gasteiger partial charge in [-0.3, -0.25) is 4.40 Å². The highest BCUT2D eigenvalue weighted by atomic mass is 32.1. The van der Waals surface area contributed by atoms with Crippen molar-refractivity contribution in [2.24, 2.45) is 5.73 Å². The van der Waals surface area contributed by atoms with E-state index in [0.717, 1.165) is 22.0 Å². The molecular weight excluding hydrogens is 248 g/mol. The monoisotopic (exact) mass is 260 g/mol. The molecule has 0 saturated heterocycles. The number of fused-ring (bicyclic) bond motifs is 1. The molecule has 3 aromatic rings. The van der Waals surface area contributed by atoms with Crippen LogP contribution in [-0.4, -0.2) is 24.6 Å². The summed E-state index contributed by atoms with van der Waals surface area (Å²) in [6.07, 6.45) is 1.71. The molecule has 6 nitrogen and oxygen atoms in total. The van der Waals surface area contributed by atoms with Crippen LogP contribution in [0.15, 0.2) is 17.8 Å². The molecule has 0 amide bonds. The Morgan fingerprint density at radius 1 is 1.39 bits per heavy atom. The van der Waals surface area contributed by atoms with E-state index in [-0.39, 0.29) is 6.04 Å². The highest BCUT2D eigenvalue weighted by Crippen LogP contribution is 2.23. The van der Waals surface area contributed by atoms with Gasteiger partial charge in [-0.25, -0.2) is 9.97 Å². The number of thiazole rings is 1. The molecule has 2 N–H and O–H groups in total. The topological polar surface area (TPSA) is 82.0 Å². The van der Waals surface area contributed by atoms with E-state index in [2.05, 4.69) is 20.2 Å². The third-order valence-corrected chi connectivity index (χ3v) is 3.62. The Kier molecular flexibility index (Phi) is 2.57. The van der Waals surface area contributed by atoms with Crippen LogP contribution >= 0.6 is 11.3 Å². The smallest absolute Gasteiger partial charge is 0.189 e. The predicted octanol–water partition coefficient (Wildman–Crippen LogP) is 1.58. The number of nitrogens with two attached hydrogens (primary N) is 1. The summed E-state index contributed by atoms with van der Waals surface area (Å²) < 4.78 is 1.83. The molecule has 92 valence electrons. The van der Waals surface area contributed by atoms with Crippen molar-refractivity contribution in [3.63, 3.8) is 0 Å². The molecule has 7 heteroatoms. The Labute approximate surface area is 108 Å². The van der Waals surface area contributed by atoms with Crippen molar-refractivity contribution in [3.8, 4) is 11.5 Å². The molecule has 3 aromatic heterocycles. The molecule has 1 unspecified atom stereocenters. The zero-order chi connectivity index (χ0) is 12.7. The van der Waals surface area contributed by atoms with E-state index in [4.69, 9.17) is 5.73 Å². The van der Waals surface area contributed by atoms with Crippen LogP contribution in [-0.2, 0) is 0 Å². The first-order valence-electron chi connectivity index (χ1n) is 5.54. The van der Waals surface area contributed by atoms with Gasteiger partial charge in [0.2, 0.25) is 0 Å². The summed E-state index contributed by atoms with van der Waals surface area (Å²) in [7, 11) is 0. The molecule has 0 aliphatic heterocycles. The molecule has 0 fully saturated rings. The molecule has 0 bridgehead atoms. The van der Waals surface area contributed by atoms with Gasteiger partial charge in [0.1, 0.15) is 17.0 Å². The third kappa shape index (κ3) is 1.77. The minimum absolute atomic E-state index is 0.0664. The lowest BCUT2D eigenvalue weighted by Gasteiger charge is -1.98. The standard InChI is InChI=1S/C11H12N6S/c1-6-3-9-15-16-10(17(9)5-13-6)8-4-18-11(14-8)7(2)12/h3-5,7H,12H2,1-2H3. The fourth-order valence-corrected chi connectivity index (χ4v) is 2.42. The summed E-state index contributed by atoms with van der Waals surface area (Å²) in [4.78, 5) is 8.71. The number of aromatic nitrogens is 5. The second-order valence-electron chi connectivity index (χ2n) is 4.14. The lowest BCUT2D eigenvalue weighted by molar-refractivity contribution is 0.807. The van der Waals surface area contributed by atoms with E-state index in [1.807, 2.05) is 29.7 Å². The zero-order valence-electron chi connectivity index (χ0n) is 10.0. The second kappa shape index (κ2) is 4.11. The molecule has 3 rings (SSSR count). The maximum atomic E-state index is 5.81. The Morgan fingerprint density at radius 2 is 2.22 bits per heavy atom. The third-order valence-electron chi connectivity index (χ3n) is 2.58. The van der Waals surface area contributed by atoms with Gasteiger partial charge >= 0.3 is 0 Å². The van der Waals surface area contributed by atoms with Crippen LogP contribution in [0.3, 0.4) is 0 Å². The van der Waals surface area contributed by atoms with E-state index in [0.29, 0.717) is 5.82 Å². The van der Waals surface area contributed by atoms with Gasteiger partial charge in [-0.05, 0) is 13.8 Å². The number of hydrogen-bond donors (Lipinski definition) is 1. The fourth-order valence-electron chi connectivity index (χ4n) is 1.66. The van der Waals surface area contributed by atoms with E-state index in [1.54, 1.807) is 6.33 Å². The van der Waals surface area contributed by atoms with Gasteiger partial charge in [-0.1, -0.05) is 0 Å². The first-order valence-corrected chi connectivity index (χ1v) is 6.42. The van der Waals surface area contributed by atoms with Crippen molar-refractivity contribution >= 4 is 17.0 Å². The summed E-state index contributed by atoms with van der Waals surface area (Å²) in [6, 6.07) is 1.82. The quantitative estimate of drug-likeness (QED) is 0.756. The molecule has 0 aromatic carbocycles. The maximum absolute atomic E-state index is 5.81. The highest BCUT2D eigenvalue weighted by Gasteiger charge is 2.13. The van der Waals surface area contributed by atoms with Crippen LogP contribution in [0.1, 0.15) is 23.7 Å². The average Bonchev–Trinajstić information content (AvgIpc) is 2.92. The summed E-state index contributed by atoms with van der Waals surface area (Å²) >= 11 is 1.53. The minimum atomic E-state index is -0.0664. The molecule has 0 saturated carbocycles. The first-order chi connectivity index (χ1) is 8.65. The number of rotatable bonds is 2. The van der Waals surface area contributed by atoms with Crippen molar-refractivity contribution in [2.75, 3.05) is 0 Å². The van der Waals surface area contributed by atoms with Crippen LogP contribution in [0.4, 0.5) is 0 Å². The Hall–Kier alpha value is -1.86. The van der Waals surface area contributed by atoms with Gasteiger partial charge in [0.15, 0.2) is 11.5 Å². The SMILES string of the molecule is Cc1cc2nnc(-c3csc(C(C)N)n3)n2cn1. The normalized spacial score (nSPS) is 13.1. The molecule has 3 heterocycles. The van der Waals surface area contributed by atoms with E-state index in [9.17, 15) is 0 Å². The van der Waals surface area contributed by atoms with Crippen molar-refractivity contribution in [1.82, 2.24) is 24.6 Å². The first kappa shape index (κ1) is 11.2. The second-order valence-corrected chi connectivity index (χ2v) is 5.03. The number of nitrogens with zero attached hydrogens (tertiary/aromatic N) is 5. The van der Waals surface area contributed by atoms with Crippen molar-refractivity contribution in [3.05, 3.63) is 28.5 Å². The molecule has 0 aliphatic carbocycles. The predicted molar refractivity (Wildman–Crippen MR) is 69.2 cm³/mol. The molecule has 0 spiro atoms. The van der Waals surface area contributed by atoms with Crippen LogP contribution in [0, 0.1) is 6.92 Å². The van der Waals surface area contributed by atoms with Crippen molar-refractivity contribution < 1.29 is 0 Å². The molecule has 0 aliphatic rings. The van der Waals surface area contributed by atoms with Crippen molar-refractivity contribution in [2.45, 2.75) is 19.9 Å². The molecular formula is C11H12N6S. The Bertz CT molecular complexity index is 698. The maximum Gasteiger partial charge on any atom is 0.189 e. The van der Waals surface area contributed by atoms with Crippen molar-refractivity contribution in [1.29, 1.82) is 0 Å². The summed E-state index contributed by atoms with van der Waals surface area (Å²) in [5.41, 5.74) is 8.27. The van der Waals surface area contributed by atoms with Gasteiger partial charge in [-0.15, -0.1) is 21.5 Å². The fraction of sp³-hybridized carbons (Fsp3) is 0.273. The van der Waals surface area contributed by atoms with E-state index in [1.165, 1.54) is 11.3 Å². The van der Waals surface area contributed by atoms with Crippen LogP contribution in [0.2, 0.25) is 0 Å². The van der Waals surface area contributed by atoms with E-state index >= 15 is 0 Å². The molecule has 1 atom stereocenters. The highest BCUT2D eigenvalue weighted by molar-refractivity contribution is 7.10. The summed E-state index contributed by atoms with van der Waals surface area (Å²) in [6.45, 7) is 3.83. The summed E-state index contributed by atoms with van der Waals surface area (Å²) in [5, 5.41) is 11.1. The molecule has 18 heavy (non-hydrogen) atoms. The van der Waals surface area contributed by atoms with Crippen LogP contribution in [0.25, 0.3) is 17.2 Å². The Balaban J connectivity index is 2.13. The summed E-state index contributed by atoms with van der Waals surface area (Å²) in [5.74, 6) is 0.695. The lowest BCUT2D eigenvalue weighted by atomic mass is 10.4. The lowest BCUT2D eigenvalue weighted by Crippen LogP contribution is -2.04. The van der Waals surface area contributed by atoms with Gasteiger partial charge in [0, 0.05) is 17.1 Å². The molecule has 0 radical (unpaired) electrons. The number of aryl methyl sites for hydroxylation is 1. The minimum Gasteiger partial charge on any atom is -0.322 e. The number of hydrogen-bond acceptors (Lipinski definition) is 6. The van der Waals surface area contributed by atoms with Gasteiger partial charge in [-0.2, -0.15) is 0 Å². The van der Waals surface area contributed by atoms with Gasteiger partial charge in [0.05, 0.1) is 6.04 Å². The Morgan fingerprint density at radius 3 is 2.94 bits per heavy atom. The van der Waals surface area contributed by atoms with E-state index < -0.39 is 0 Å².